The van der Waals surface area contributed by atoms with Gasteiger partial charge in [0.2, 0.25) is 5.91 Å². The van der Waals surface area contributed by atoms with E-state index in [0.29, 0.717) is 12.8 Å². The minimum Gasteiger partial charge on any atom is -0.395 e. The molecule has 0 aliphatic carbocycles. The number of aliphatic hydroxyl groups is 1. The Kier molecular flexibility index (Phi) is 5.91. The van der Waals surface area contributed by atoms with Crippen LogP contribution in [0.25, 0.3) is 10.9 Å². The van der Waals surface area contributed by atoms with Crippen molar-refractivity contribution in [3.05, 3.63) is 35.5 Å². The number of aromatic nitrogens is 1. The molecule has 3 N–H and O–H groups in total. The highest BCUT2D eigenvalue weighted by Crippen LogP contribution is 2.22. The molecule has 0 spiro atoms. The van der Waals surface area contributed by atoms with Gasteiger partial charge in [0.1, 0.15) is 0 Å². The summed E-state index contributed by atoms with van der Waals surface area (Å²) in [4.78, 5) is 15.4. The van der Waals surface area contributed by atoms with E-state index in [2.05, 4.69) is 29.4 Å². The highest BCUT2D eigenvalue weighted by molar-refractivity contribution is 7.99. The largest absolute Gasteiger partial charge is 0.395 e. The van der Waals surface area contributed by atoms with Crippen LogP contribution in [0, 0.1) is 6.92 Å². The first-order valence-electron chi connectivity index (χ1n) is 7.55. The van der Waals surface area contributed by atoms with Crippen molar-refractivity contribution in [2.24, 2.45) is 0 Å². The molecule has 0 saturated heterocycles. The lowest BCUT2D eigenvalue weighted by atomic mass is 10.1. The van der Waals surface area contributed by atoms with Gasteiger partial charge in [0.15, 0.2) is 0 Å². The monoisotopic (exact) mass is 320 g/mol. The zero-order valence-electron chi connectivity index (χ0n) is 13.3. The second kappa shape index (κ2) is 7.70. The predicted molar refractivity (Wildman–Crippen MR) is 93.4 cm³/mol. The van der Waals surface area contributed by atoms with Gasteiger partial charge in [0.25, 0.3) is 0 Å². The molecule has 2 aromatic rings. The first-order valence-corrected chi connectivity index (χ1v) is 8.84. The van der Waals surface area contributed by atoms with Crippen LogP contribution in [-0.2, 0) is 11.2 Å². The number of nitrogens with one attached hydrogen (secondary N) is 2. The van der Waals surface area contributed by atoms with Gasteiger partial charge in [-0.15, -0.1) is 0 Å². The number of carbonyl (C=O) groups is 1. The van der Waals surface area contributed by atoms with Gasteiger partial charge in [-0.2, -0.15) is 11.8 Å². The maximum absolute atomic E-state index is 12.1. The molecule has 2 unspecified atom stereocenters. The molecule has 1 heterocycles. The highest BCUT2D eigenvalue weighted by Gasteiger charge is 2.17. The quantitative estimate of drug-likeness (QED) is 0.735. The van der Waals surface area contributed by atoms with Crippen LogP contribution in [0.2, 0.25) is 0 Å². The molecule has 0 aliphatic rings. The topological polar surface area (TPSA) is 65.1 Å². The number of amides is 1. The number of benzene rings is 1. The van der Waals surface area contributed by atoms with E-state index in [9.17, 15) is 9.90 Å². The number of aryl methyl sites for hydroxylation is 2. The van der Waals surface area contributed by atoms with Gasteiger partial charge in [0.05, 0.1) is 6.61 Å². The predicted octanol–water partition coefficient (Wildman–Crippen LogP) is 2.64. The average Bonchev–Trinajstić information content (AvgIpc) is 2.91. The van der Waals surface area contributed by atoms with Crippen LogP contribution in [-0.4, -0.2) is 40.2 Å². The molecule has 0 aliphatic heterocycles. The minimum atomic E-state index is -0.0299. The Hall–Kier alpha value is -1.46. The van der Waals surface area contributed by atoms with Crippen molar-refractivity contribution in [1.82, 2.24) is 10.3 Å². The second-order valence-electron chi connectivity index (χ2n) is 5.62. The second-order valence-corrected chi connectivity index (χ2v) is 6.70. The number of para-hydroxylation sites is 1. The zero-order chi connectivity index (χ0) is 16.1. The van der Waals surface area contributed by atoms with E-state index >= 15 is 0 Å². The maximum Gasteiger partial charge on any atom is 0.220 e. The third-order valence-corrected chi connectivity index (χ3v) is 5.22. The van der Waals surface area contributed by atoms with E-state index in [-0.39, 0.29) is 23.8 Å². The van der Waals surface area contributed by atoms with E-state index in [4.69, 9.17) is 0 Å². The van der Waals surface area contributed by atoms with E-state index < -0.39 is 0 Å². The van der Waals surface area contributed by atoms with Crippen LogP contribution in [0.3, 0.4) is 0 Å². The molecule has 0 saturated carbocycles. The van der Waals surface area contributed by atoms with Crippen LogP contribution in [0.1, 0.15) is 24.5 Å². The van der Waals surface area contributed by atoms with Gasteiger partial charge in [-0.3, -0.25) is 4.79 Å². The van der Waals surface area contributed by atoms with E-state index in [1.807, 2.05) is 25.4 Å². The Balaban J connectivity index is 1.94. The van der Waals surface area contributed by atoms with Crippen molar-refractivity contribution in [2.75, 3.05) is 12.9 Å². The average molecular weight is 320 g/mol. The number of H-pyrrole nitrogens is 1. The van der Waals surface area contributed by atoms with Crippen LogP contribution >= 0.6 is 11.8 Å². The third-order valence-electron chi connectivity index (χ3n) is 4.06. The standard InChI is InChI=1S/C17H24N2O2S/c1-11-5-4-6-14-13(9-18-17(11)14)7-8-16(21)19-12(2)15(10-20)22-3/h4-6,9,12,15,18,20H,7-8,10H2,1-3H3,(H,19,21). The van der Waals surface area contributed by atoms with E-state index in [1.165, 1.54) is 16.5 Å². The molecular weight excluding hydrogens is 296 g/mol. The molecule has 22 heavy (non-hydrogen) atoms. The normalized spacial score (nSPS) is 14.0. The maximum atomic E-state index is 12.1. The number of hydrogen-bond donors (Lipinski definition) is 3. The summed E-state index contributed by atoms with van der Waals surface area (Å²) in [7, 11) is 0. The lowest BCUT2D eigenvalue weighted by molar-refractivity contribution is -0.121. The number of hydrogen-bond acceptors (Lipinski definition) is 3. The summed E-state index contributed by atoms with van der Waals surface area (Å²) in [5.41, 5.74) is 3.53. The Morgan fingerprint density at radius 1 is 1.45 bits per heavy atom. The van der Waals surface area contributed by atoms with Gasteiger partial charge in [-0.1, -0.05) is 18.2 Å². The van der Waals surface area contributed by atoms with Crippen molar-refractivity contribution in [3.8, 4) is 0 Å². The fourth-order valence-corrected chi connectivity index (χ4v) is 3.30. The summed E-state index contributed by atoms with van der Waals surface area (Å²) >= 11 is 1.57. The van der Waals surface area contributed by atoms with E-state index in [0.717, 1.165) is 5.52 Å². The third kappa shape index (κ3) is 3.84. The molecule has 0 fully saturated rings. The van der Waals surface area contributed by atoms with Crippen LogP contribution in [0.15, 0.2) is 24.4 Å². The number of fused-ring (bicyclic) bond motifs is 1. The Bertz CT molecular complexity index is 635. The van der Waals surface area contributed by atoms with Gasteiger partial charge in [0, 0.05) is 34.8 Å². The minimum absolute atomic E-state index is 0.0296. The molecular formula is C17H24N2O2S. The summed E-state index contributed by atoms with van der Waals surface area (Å²) in [5, 5.41) is 13.5. The lowest BCUT2D eigenvalue weighted by Gasteiger charge is -2.21. The number of aliphatic hydroxyl groups excluding tert-OH is 1. The zero-order valence-corrected chi connectivity index (χ0v) is 14.2. The fourth-order valence-electron chi connectivity index (χ4n) is 2.67. The molecule has 4 nitrogen and oxygen atoms in total. The molecule has 2 rings (SSSR count). The Morgan fingerprint density at radius 2 is 2.23 bits per heavy atom. The molecule has 1 amide bonds. The Labute approximate surface area is 135 Å². The van der Waals surface area contributed by atoms with Crippen molar-refractivity contribution in [3.63, 3.8) is 0 Å². The SMILES string of the molecule is CSC(CO)C(C)NC(=O)CCc1c[nH]c2c(C)cccc12. The smallest absolute Gasteiger partial charge is 0.220 e. The number of carbonyl (C=O) groups excluding carboxylic acids is 1. The van der Waals surface area contributed by atoms with Crippen molar-refractivity contribution >= 4 is 28.6 Å². The van der Waals surface area contributed by atoms with Gasteiger partial charge in [-0.25, -0.2) is 0 Å². The van der Waals surface area contributed by atoms with Crippen molar-refractivity contribution in [1.29, 1.82) is 0 Å². The molecule has 0 radical (unpaired) electrons. The fraction of sp³-hybridized carbons (Fsp3) is 0.471. The first-order chi connectivity index (χ1) is 10.6. The van der Waals surface area contributed by atoms with Gasteiger partial charge >= 0.3 is 0 Å². The molecule has 0 bridgehead atoms. The Morgan fingerprint density at radius 3 is 2.91 bits per heavy atom. The summed E-state index contributed by atoms with van der Waals surface area (Å²) in [5.74, 6) is 0.0296. The lowest BCUT2D eigenvalue weighted by Crippen LogP contribution is -2.41. The van der Waals surface area contributed by atoms with Crippen LogP contribution in [0.5, 0.6) is 0 Å². The summed E-state index contributed by atoms with van der Waals surface area (Å²) in [6.45, 7) is 4.09. The molecule has 1 aromatic heterocycles. The summed E-state index contributed by atoms with van der Waals surface area (Å²) in [6.07, 6.45) is 5.10. The molecule has 2 atom stereocenters. The summed E-state index contributed by atoms with van der Waals surface area (Å²) < 4.78 is 0. The number of rotatable bonds is 7. The molecule has 120 valence electrons. The summed E-state index contributed by atoms with van der Waals surface area (Å²) in [6, 6.07) is 6.18. The molecule has 1 aromatic carbocycles. The first kappa shape index (κ1) is 16.9. The number of aromatic amines is 1. The number of thioether (sulfide) groups is 1. The molecule has 5 heteroatoms. The van der Waals surface area contributed by atoms with Crippen molar-refractivity contribution < 1.29 is 9.90 Å². The van der Waals surface area contributed by atoms with E-state index in [1.54, 1.807) is 11.8 Å². The highest BCUT2D eigenvalue weighted by atomic mass is 32.2. The van der Waals surface area contributed by atoms with Crippen molar-refractivity contribution in [2.45, 2.75) is 38.0 Å². The van der Waals surface area contributed by atoms with Gasteiger partial charge < -0.3 is 15.4 Å². The van der Waals surface area contributed by atoms with Crippen LogP contribution < -0.4 is 5.32 Å². The van der Waals surface area contributed by atoms with Crippen LogP contribution in [0.4, 0.5) is 0 Å². The van der Waals surface area contributed by atoms with Gasteiger partial charge in [-0.05, 0) is 37.7 Å².